The monoisotopic (exact) mass is 510 g/mol. The summed E-state index contributed by atoms with van der Waals surface area (Å²) in [6.07, 6.45) is 24.5. The number of hydrogen-bond acceptors (Lipinski definition) is 4. The molecule has 2 unspecified atom stereocenters. The lowest BCUT2D eigenvalue weighted by atomic mass is 9.95. The van der Waals surface area contributed by atoms with Gasteiger partial charge in [0, 0.05) is 12.7 Å². The fraction of sp³-hybridized carbons (Fsp3) is 0.697. The highest BCUT2D eigenvalue weighted by Gasteiger charge is 2.10. The highest BCUT2D eigenvalue weighted by atomic mass is 16.5. The molecule has 0 radical (unpaired) electrons. The molecule has 0 fully saturated rings. The van der Waals surface area contributed by atoms with Gasteiger partial charge in [-0.2, -0.15) is 0 Å². The van der Waals surface area contributed by atoms with E-state index in [2.05, 4.69) is 55.0 Å². The number of unbranched alkanes of at least 4 members (excludes halogenated alkanes) is 10. The van der Waals surface area contributed by atoms with Crippen LogP contribution in [-0.4, -0.2) is 29.8 Å². The Hall–Kier alpha value is -1.94. The Balaban J connectivity index is 1.58. The summed E-state index contributed by atoms with van der Waals surface area (Å²) in [6, 6.07) is 8.74. The average Bonchev–Trinajstić information content (AvgIpc) is 2.93. The minimum atomic E-state index is 0.430. The van der Waals surface area contributed by atoms with Crippen LogP contribution in [0.2, 0.25) is 0 Å². The first kappa shape index (κ1) is 31.3. The normalized spacial score (nSPS) is 13.0. The van der Waals surface area contributed by atoms with E-state index in [4.69, 9.17) is 9.47 Å². The first-order chi connectivity index (χ1) is 18.2. The molecule has 0 aliphatic rings. The van der Waals surface area contributed by atoms with Crippen molar-refractivity contribution in [3.8, 4) is 17.1 Å². The Labute approximate surface area is 228 Å². The summed E-state index contributed by atoms with van der Waals surface area (Å²) >= 11 is 0. The number of hydrogen-bond donors (Lipinski definition) is 0. The van der Waals surface area contributed by atoms with Gasteiger partial charge in [0.15, 0.2) is 11.6 Å². The molecular weight excluding hydrogens is 456 g/mol. The second-order valence-electron chi connectivity index (χ2n) is 10.8. The van der Waals surface area contributed by atoms with E-state index >= 15 is 0 Å². The zero-order chi connectivity index (χ0) is 26.6. The molecule has 4 nitrogen and oxygen atoms in total. The highest BCUT2D eigenvalue weighted by Crippen LogP contribution is 2.21. The fourth-order valence-corrected chi connectivity index (χ4v) is 4.96. The van der Waals surface area contributed by atoms with Crippen LogP contribution in [-0.2, 0) is 11.2 Å². The predicted molar refractivity (Wildman–Crippen MR) is 157 cm³/mol. The lowest BCUT2D eigenvalue weighted by Gasteiger charge is -2.18. The van der Waals surface area contributed by atoms with Crippen LogP contribution in [0, 0.1) is 5.92 Å². The Kier molecular flexibility index (Phi) is 17.0. The summed E-state index contributed by atoms with van der Waals surface area (Å²) in [6.45, 7) is 7.59. The van der Waals surface area contributed by atoms with Gasteiger partial charge in [-0.25, -0.2) is 9.97 Å². The molecule has 4 heteroatoms. The lowest BCUT2D eigenvalue weighted by molar-refractivity contribution is 0.0778. The van der Waals surface area contributed by atoms with E-state index in [1.807, 2.05) is 7.11 Å². The molecule has 0 saturated carbocycles. The summed E-state index contributed by atoms with van der Waals surface area (Å²) in [7, 11) is 1.84. The summed E-state index contributed by atoms with van der Waals surface area (Å²) in [4.78, 5) is 9.06. The van der Waals surface area contributed by atoms with E-state index in [9.17, 15) is 0 Å². The van der Waals surface area contributed by atoms with E-state index in [0.717, 1.165) is 48.9 Å². The standard InChI is InChI=1S/C33H54N2O2/c1-5-7-8-9-10-11-14-17-24-37-32-26-34-33(35-27-32)30-22-20-29(21-23-30)19-16-13-12-15-18-28(3)25-31(6-2)36-4/h20-23,26-28,31H,5-19,24-25H2,1-4H3. The van der Waals surface area contributed by atoms with Gasteiger partial charge in [-0.05, 0) is 43.6 Å². The minimum absolute atomic E-state index is 0.430. The van der Waals surface area contributed by atoms with Crippen LogP contribution in [0.1, 0.15) is 123 Å². The third-order valence-corrected chi connectivity index (χ3v) is 7.47. The van der Waals surface area contributed by atoms with E-state index < -0.39 is 0 Å². The molecule has 0 N–H and O–H groups in total. The zero-order valence-electron chi connectivity index (χ0n) is 24.4. The van der Waals surface area contributed by atoms with Crippen LogP contribution in [0.25, 0.3) is 11.4 Å². The van der Waals surface area contributed by atoms with Crippen LogP contribution >= 0.6 is 0 Å². The van der Waals surface area contributed by atoms with Crippen LogP contribution in [0.5, 0.6) is 5.75 Å². The number of aromatic nitrogens is 2. The molecule has 2 atom stereocenters. The fourth-order valence-electron chi connectivity index (χ4n) is 4.96. The van der Waals surface area contributed by atoms with E-state index in [-0.39, 0.29) is 0 Å². The quantitative estimate of drug-likeness (QED) is 0.148. The third kappa shape index (κ3) is 14.0. The van der Waals surface area contributed by atoms with Crippen LogP contribution in [0.4, 0.5) is 0 Å². The molecule has 0 spiro atoms. The molecule has 0 amide bonds. The second kappa shape index (κ2) is 20.1. The van der Waals surface area contributed by atoms with Crippen molar-refractivity contribution in [3.63, 3.8) is 0 Å². The van der Waals surface area contributed by atoms with Crippen molar-refractivity contribution in [1.29, 1.82) is 0 Å². The third-order valence-electron chi connectivity index (χ3n) is 7.47. The summed E-state index contributed by atoms with van der Waals surface area (Å²) < 4.78 is 11.4. The summed E-state index contributed by atoms with van der Waals surface area (Å²) in [5.74, 6) is 2.29. The van der Waals surface area contributed by atoms with Gasteiger partial charge in [-0.15, -0.1) is 0 Å². The Morgan fingerprint density at radius 1 is 0.757 bits per heavy atom. The molecule has 208 valence electrons. The Bertz CT molecular complexity index is 787. The first-order valence-electron chi connectivity index (χ1n) is 15.2. The van der Waals surface area contributed by atoms with Crippen molar-refractivity contribution in [1.82, 2.24) is 9.97 Å². The predicted octanol–water partition coefficient (Wildman–Crippen LogP) is 9.61. The van der Waals surface area contributed by atoms with Gasteiger partial charge in [0.25, 0.3) is 0 Å². The van der Waals surface area contributed by atoms with Crippen LogP contribution in [0.15, 0.2) is 36.7 Å². The number of ether oxygens (including phenoxy) is 2. The van der Waals surface area contributed by atoms with Gasteiger partial charge in [0.1, 0.15) is 0 Å². The molecule has 0 saturated heterocycles. The van der Waals surface area contributed by atoms with Crippen molar-refractivity contribution < 1.29 is 9.47 Å². The molecule has 37 heavy (non-hydrogen) atoms. The number of aryl methyl sites for hydroxylation is 1. The van der Waals surface area contributed by atoms with Gasteiger partial charge in [0.05, 0.1) is 25.1 Å². The number of rotatable bonds is 22. The van der Waals surface area contributed by atoms with Crippen molar-refractivity contribution in [2.24, 2.45) is 5.92 Å². The van der Waals surface area contributed by atoms with E-state index in [0.29, 0.717) is 6.10 Å². The van der Waals surface area contributed by atoms with Crippen molar-refractivity contribution in [3.05, 3.63) is 42.2 Å². The highest BCUT2D eigenvalue weighted by molar-refractivity contribution is 5.55. The lowest BCUT2D eigenvalue weighted by Crippen LogP contribution is -2.13. The molecule has 2 aromatic rings. The maximum absolute atomic E-state index is 5.84. The number of benzene rings is 1. The molecule has 1 heterocycles. The number of nitrogens with zero attached hydrogens (tertiary/aromatic N) is 2. The van der Waals surface area contributed by atoms with Crippen molar-refractivity contribution in [2.45, 2.75) is 130 Å². The topological polar surface area (TPSA) is 44.2 Å². The maximum atomic E-state index is 5.84. The van der Waals surface area contributed by atoms with Gasteiger partial charge in [0.2, 0.25) is 0 Å². The van der Waals surface area contributed by atoms with Crippen molar-refractivity contribution in [2.75, 3.05) is 13.7 Å². The largest absolute Gasteiger partial charge is 0.490 e. The van der Waals surface area contributed by atoms with Crippen molar-refractivity contribution >= 4 is 0 Å². The van der Waals surface area contributed by atoms with Crippen LogP contribution in [0.3, 0.4) is 0 Å². The van der Waals surface area contributed by atoms with Crippen LogP contribution < -0.4 is 4.74 Å². The second-order valence-corrected chi connectivity index (χ2v) is 10.8. The molecule has 1 aromatic carbocycles. The van der Waals surface area contributed by atoms with Gasteiger partial charge >= 0.3 is 0 Å². The Morgan fingerprint density at radius 3 is 2.03 bits per heavy atom. The maximum Gasteiger partial charge on any atom is 0.159 e. The SMILES string of the molecule is CCCCCCCCCCOc1cnc(-c2ccc(CCCCCCC(C)CC(CC)OC)cc2)nc1. The zero-order valence-corrected chi connectivity index (χ0v) is 24.4. The summed E-state index contributed by atoms with van der Waals surface area (Å²) in [5.41, 5.74) is 2.46. The van der Waals surface area contributed by atoms with Gasteiger partial charge in [-0.1, -0.05) is 116 Å². The average molecular weight is 511 g/mol. The van der Waals surface area contributed by atoms with Gasteiger partial charge in [-0.3, -0.25) is 0 Å². The molecular formula is C33H54N2O2. The molecule has 0 bridgehead atoms. The smallest absolute Gasteiger partial charge is 0.159 e. The minimum Gasteiger partial charge on any atom is -0.490 e. The summed E-state index contributed by atoms with van der Waals surface area (Å²) in [5, 5.41) is 0. The molecule has 1 aromatic heterocycles. The van der Waals surface area contributed by atoms with Gasteiger partial charge < -0.3 is 9.47 Å². The Morgan fingerprint density at radius 2 is 1.38 bits per heavy atom. The molecule has 2 rings (SSSR count). The van der Waals surface area contributed by atoms with E-state index in [1.165, 1.54) is 89.0 Å². The number of methoxy groups -OCH3 is 1. The van der Waals surface area contributed by atoms with E-state index in [1.54, 1.807) is 12.4 Å². The first-order valence-corrected chi connectivity index (χ1v) is 15.2. The molecule has 0 aliphatic heterocycles. The molecule has 0 aliphatic carbocycles.